The number of methoxy groups -OCH3 is 1. The average Bonchev–Trinajstić information content (AvgIpc) is 3.02. The lowest BCUT2D eigenvalue weighted by molar-refractivity contribution is 0.420. The Morgan fingerprint density at radius 2 is 1.95 bits per heavy atom. The zero-order chi connectivity index (χ0) is 14.7. The van der Waals surface area contributed by atoms with Crippen molar-refractivity contribution < 1.29 is 9.15 Å². The topological polar surface area (TPSA) is 34.4 Å². The van der Waals surface area contributed by atoms with E-state index in [9.17, 15) is 0 Å². The van der Waals surface area contributed by atoms with Crippen LogP contribution in [0.15, 0.2) is 53.1 Å². The van der Waals surface area contributed by atoms with Crippen LogP contribution in [0.1, 0.15) is 13.3 Å². The van der Waals surface area contributed by atoms with Gasteiger partial charge < -0.3 is 14.5 Å². The van der Waals surface area contributed by atoms with Gasteiger partial charge in [0.15, 0.2) is 5.58 Å². The first-order chi connectivity index (χ1) is 10.3. The van der Waals surface area contributed by atoms with Crippen molar-refractivity contribution in [3.8, 4) is 16.9 Å². The van der Waals surface area contributed by atoms with Gasteiger partial charge in [-0.1, -0.05) is 37.3 Å². The van der Waals surface area contributed by atoms with Gasteiger partial charge in [0, 0.05) is 12.1 Å². The zero-order valence-electron chi connectivity index (χ0n) is 12.3. The molecule has 0 radical (unpaired) electrons. The standard InChI is InChI=1S/C18H19NO2/c1-3-10-19-17-15(13-7-5-4-6-8-13)12-16(20-2)14-9-11-21-18(14)17/h4-9,11-12,19H,3,10H2,1-2H3. The highest BCUT2D eigenvalue weighted by Gasteiger charge is 2.16. The van der Waals surface area contributed by atoms with Crippen molar-refractivity contribution in [1.29, 1.82) is 0 Å². The van der Waals surface area contributed by atoms with Crippen LogP contribution in [-0.2, 0) is 0 Å². The maximum atomic E-state index is 5.71. The predicted molar refractivity (Wildman–Crippen MR) is 87.0 cm³/mol. The largest absolute Gasteiger partial charge is 0.496 e. The van der Waals surface area contributed by atoms with E-state index in [4.69, 9.17) is 9.15 Å². The summed E-state index contributed by atoms with van der Waals surface area (Å²) >= 11 is 0. The fourth-order valence-corrected chi connectivity index (χ4v) is 2.54. The Kier molecular flexibility index (Phi) is 3.82. The number of rotatable bonds is 5. The van der Waals surface area contributed by atoms with E-state index in [1.165, 1.54) is 0 Å². The van der Waals surface area contributed by atoms with Gasteiger partial charge in [-0.25, -0.2) is 0 Å². The average molecular weight is 281 g/mol. The second kappa shape index (κ2) is 5.92. The summed E-state index contributed by atoms with van der Waals surface area (Å²) in [6.07, 6.45) is 2.77. The first kappa shape index (κ1) is 13.6. The smallest absolute Gasteiger partial charge is 0.161 e. The fourth-order valence-electron chi connectivity index (χ4n) is 2.54. The van der Waals surface area contributed by atoms with Gasteiger partial charge in [-0.15, -0.1) is 0 Å². The molecule has 0 unspecified atom stereocenters. The maximum absolute atomic E-state index is 5.71. The first-order valence-corrected chi connectivity index (χ1v) is 7.22. The highest BCUT2D eigenvalue weighted by Crippen LogP contribution is 2.40. The molecular weight excluding hydrogens is 262 g/mol. The minimum atomic E-state index is 0.833. The second-order valence-corrected chi connectivity index (χ2v) is 4.96. The molecule has 0 spiro atoms. The summed E-state index contributed by atoms with van der Waals surface area (Å²) in [5.41, 5.74) is 4.13. The van der Waals surface area contributed by atoms with Gasteiger partial charge in [0.05, 0.1) is 24.4 Å². The van der Waals surface area contributed by atoms with Crippen molar-refractivity contribution in [2.24, 2.45) is 0 Å². The number of hydrogen-bond donors (Lipinski definition) is 1. The summed E-state index contributed by atoms with van der Waals surface area (Å²) in [4.78, 5) is 0. The predicted octanol–water partition coefficient (Wildman–Crippen LogP) is 4.93. The van der Waals surface area contributed by atoms with Crippen molar-refractivity contribution in [3.63, 3.8) is 0 Å². The molecule has 3 heteroatoms. The second-order valence-electron chi connectivity index (χ2n) is 4.96. The van der Waals surface area contributed by atoms with E-state index in [0.29, 0.717) is 0 Å². The van der Waals surface area contributed by atoms with E-state index in [1.807, 2.05) is 24.3 Å². The van der Waals surface area contributed by atoms with Gasteiger partial charge in [0.25, 0.3) is 0 Å². The van der Waals surface area contributed by atoms with Crippen LogP contribution < -0.4 is 10.1 Å². The summed E-state index contributed by atoms with van der Waals surface area (Å²) in [6, 6.07) is 14.3. The Hall–Kier alpha value is -2.42. The number of ether oxygens (including phenoxy) is 1. The molecule has 0 aliphatic heterocycles. The number of benzene rings is 2. The number of furan rings is 1. The van der Waals surface area contributed by atoms with Gasteiger partial charge in [0.2, 0.25) is 0 Å². The molecule has 1 N–H and O–H groups in total. The van der Waals surface area contributed by atoms with E-state index >= 15 is 0 Å². The van der Waals surface area contributed by atoms with Crippen molar-refractivity contribution in [2.75, 3.05) is 19.0 Å². The monoisotopic (exact) mass is 281 g/mol. The van der Waals surface area contributed by atoms with Gasteiger partial charge in [-0.2, -0.15) is 0 Å². The third-order valence-electron chi connectivity index (χ3n) is 3.56. The Balaban J connectivity index is 2.25. The minimum absolute atomic E-state index is 0.833. The minimum Gasteiger partial charge on any atom is -0.496 e. The molecule has 0 bridgehead atoms. The van der Waals surface area contributed by atoms with E-state index in [1.54, 1.807) is 13.4 Å². The molecule has 0 aliphatic carbocycles. The van der Waals surface area contributed by atoms with Crippen LogP contribution in [0.25, 0.3) is 22.1 Å². The molecule has 0 saturated carbocycles. The molecule has 0 saturated heterocycles. The third kappa shape index (κ3) is 2.47. The molecule has 1 heterocycles. The molecule has 0 atom stereocenters. The molecule has 3 nitrogen and oxygen atoms in total. The molecule has 3 rings (SSSR count). The molecule has 0 aliphatic rings. The third-order valence-corrected chi connectivity index (χ3v) is 3.56. The fraction of sp³-hybridized carbons (Fsp3) is 0.222. The summed E-state index contributed by atoms with van der Waals surface area (Å²) in [6.45, 7) is 3.06. The lowest BCUT2D eigenvalue weighted by Gasteiger charge is -2.14. The number of anilines is 1. The molecule has 2 aromatic carbocycles. The Bertz CT molecular complexity index is 732. The van der Waals surface area contributed by atoms with Crippen LogP contribution in [-0.4, -0.2) is 13.7 Å². The number of nitrogens with one attached hydrogen (secondary N) is 1. The van der Waals surface area contributed by atoms with Crippen LogP contribution in [0.5, 0.6) is 5.75 Å². The van der Waals surface area contributed by atoms with Crippen molar-refractivity contribution in [3.05, 3.63) is 48.7 Å². The van der Waals surface area contributed by atoms with E-state index in [0.717, 1.165) is 46.5 Å². The van der Waals surface area contributed by atoms with Crippen LogP contribution in [0, 0.1) is 0 Å². The lowest BCUT2D eigenvalue weighted by atomic mass is 10.0. The van der Waals surface area contributed by atoms with E-state index in [2.05, 4.69) is 30.4 Å². The normalized spacial score (nSPS) is 10.8. The number of hydrogen-bond acceptors (Lipinski definition) is 3. The summed E-state index contributed by atoms with van der Waals surface area (Å²) in [5, 5.41) is 4.49. The summed E-state index contributed by atoms with van der Waals surface area (Å²) in [5.74, 6) is 0.833. The molecule has 0 amide bonds. The highest BCUT2D eigenvalue weighted by atomic mass is 16.5. The van der Waals surface area contributed by atoms with Crippen LogP contribution >= 0.6 is 0 Å². The van der Waals surface area contributed by atoms with Crippen LogP contribution in [0.3, 0.4) is 0 Å². The lowest BCUT2D eigenvalue weighted by Crippen LogP contribution is -2.02. The zero-order valence-corrected chi connectivity index (χ0v) is 12.3. The molecule has 3 aromatic rings. The molecule has 0 fully saturated rings. The van der Waals surface area contributed by atoms with Gasteiger partial charge in [-0.3, -0.25) is 0 Å². The van der Waals surface area contributed by atoms with Gasteiger partial charge >= 0.3 is 0 Å². The summed E-state index contributed by atoms with van der Waals surface area (Å²) < 4.78 is 11.2. The number of fused-ring (bicyclic) bond motifs is 1. The highest BCUT2D eigenvalue weighted by molar-refractivity contribution is 6.01. The van der Waals surface area contributed by atoms with Gasteiger partial charge in [-0.05, 0) is 24.1 Å². The van der Waals surface area contributed by atoms with Crippen LogP contribution in [0.4, 0.5) is 5.69 Å². The maximum Gasteiger partial charge on any atom is 0.161 e. The summed E-state index contributed by atoms with van der Waals surface area (Å²) in [7, 11) is 1.69. The Morgan fingerprint density at radius 3 is 2.67 bits per heavy atom. The molecule has 108 valence electrons. The van der Waals surface area contributed by atoms with Crippen LogP contribution in [0.2, 0.25) is 0 Å². The van der Waals surface area contributed by atoms with Crippen molar-refractivity contribution in [2.45, 2.75) is 13.3 Å². The molecule has 21 heavy (non-hydrogen) atoms. The molecular formula is C18H19NO2. The van der Waals surface area contributed by atoms with E-state index < -0.39 is 0 Å². The van der Waals surface area contributed by atoms with Gasteiger partial charge in [0.1, 0.15) is 5.75 Å². The Morgan fingerprint density at radius 1 is 1.14 bits per heavy atom. The molecule has 1 aromatic heterocycles. The van der Waals surface area contributed by atoms with E-state index in [-0.39, 0.29) is 0 Å². The quantitative estimate of drug-likeness (QED) is 0.720. The first-order valence-electron chi connectivity index (χ1n) is 7.22. The SMILES string of the molecule is CCCNc1c(-c2ccccc2)cc(OC)c2ccoc12. The Labute approximate surface area is 124 Å². The van der Waals surface area contributed by atoms with Crippen molar-refractivity contribution in [1.82, 2.24) is 0 Å². The van der Waals surface area contributed by atoms with Crippen molar-refractivity contribution >= 4 is 16.7 Å².